The third-order valence-electron chi connectivity index (χ3n) is 6.51. The number of hydrogen-bond donors (Lipinski definition) is 0. The Morgan fingerprint density at radius 2 is 1.56 bits per heavy atom. The maximum atomic E-state index is 4.81. The number of benzene rings is 3. The van der Waals surface area contributed by atoms with Gasteiger partial charge >= 0.3 is 0 Å². The minimum absolute atomic E-state index is 0.416. The molecular formula is C28H30N3S+. The molecule has 2 aromatic heterocycles. The molecule has 0 N–H and O–H groups in total. The summed E-state index contributed by atoms with van der Waals surface area (Å²) in [6.45, 7) is 11.4. The van der Waals surface area contributed by atoms with Crippen LogP contribution in [0.3, 0.4) is 0 Å². The minimum Gasteiger partial charge on any atom is -0.244 e. The molecular weight excluding hydrogens is 410 g/mol. The Balaban J connectivity index is 2.02. The average molecular weight is 441 g/mol. The topological polar surface area (TPSA) is 21.7 Å². The van der Waals surface area contributed by atoms with Gasteiger partial charge in [0, 0.05) is 11.1 Å². The molecule has 0 amide bonds. The van der Waals surface area contributed by atoms with E-state index in [4.69, 9.17) is 4.98 Å². The lowest BCUT2D eigenvalue weighted by Gasteiger charge is -2.18. The van der Waals surface area contributed by atoms with E-state index in [-0.39, 0.29) is 0 Å². The lowest BCUT2D eigenvalue weighted by Crippen LogP contribution is -2.30. The second kappa shape index (κ2) is 7.86. The Bertz CT molecular complexity index is 1430. The van der Waals surface area contributed by atoms with Crippen LogP contribution in [0, 0.1) is 6.92 Å². The zero-order valence-electron chi connectivity index (χ0n) is 19.7. The van der Waals surface area contributed by atoms with Gasteiger partial charge in [-0.3, -0.25) is 0 Å². The first kappa shape index (κ1) is 20.9. The Morgan fingerprint density at radius 1 is 0.875 bits per heavy atom. The van der Waals surface area contributed by atoms with Crippen LogP contribution in [0.1, 0.15) is 56.2 Å². The monoisotopic (exact) mass is 440 g/mol. The van der Waals surface area contributed by atoms with Gasteiger partial charge in [0.25, 0.3) is 5.82 Å². The van der Waals surface area contributed by atoms with Crippen LogP contribution in [0.25, 0.3) is 38.3 Å². The van der Waals surface area contributed by atoms with Gasteiger partial charge in [0.2, 0.25) is 0 Å². The van der Waals surface area contributed by atoms with Crippen molar-refractivity contribution in [2.24, 2.45) is 7.05 Å². The van der Waals surface area contributed by atoms with E-state index >= 15 is 0 Å². The highest BCUT2D eigenvalue weighted by atomic mass is 32.1. The van der Waals surface area contributed by atoms with Gasteiger partial charge in [-0.15, -0.1) is 11.3 Å². The van der Waals surface area contributed by atoms with Gasteiger partial charge < -0.3 is 0 Å². The van der Waals surface area contributed by atoms with Crippen molar-refractivity contribution in [3.05, 3.63) is 76.8 Å². The summed E-state index contributed by atoms with van der Waals surface area (Å²) in [6.07, 6.45) is 0. The highest BCUT2D eigenvalue weighted by Gasteiger charge is 2.32. The standard InChI is InChI=1S/C28H30N3S/c1-17(2)20-10-9-11-21(18(3)4)27(20)31-23-13-8-7-12-22(23)30(6)28(31)25-19(5)14-15-24-26(25)29-16-32-24/h7-18H,1-6H3/q+1. The first-order valence-corrected chi connectivity index (χ1v) is 12.2. The van der Waals surface area contributed by atoms with Crippen molar-refractivity contribution >= 4 is 32.6 Å². The van der Waals surface area contributed by atoms with Crippen molar-refractivity contribution in [3.8, 4) is 17.1 Å². The summed E-state index contributed by atoms with van der Waals surface area (Å²) >= 11 is 1.71. The molecule has 0 radical (unpaired) electrons. The summed E-state index contributed by atoms with van der Waals surface area (Å²) in [7, 11) is 2.19. The molecule has 0 saturated heterocycles. The highest BCUT2D eigenvalue weighted by Crippen LogP contribution is 2.39. The van der Waals surface area contributed by atoms with Crippen LogP contribution < -0.4 is 4.57 Å². The minimum atomic E-state index is 0.416. The van der Waals surface area contributed by atoms with Crippen LogP contribution in [0.15, 0.2) is 60.1 Å². The second-order valence-electron chi connectivity index (χ2n) is 9.26. The van der Waals surface area contributed by atoms with E-state index in [9.17, 15) is 0 Å². The van der Waals surface area contributed by atoms with Gasteiger partial charge in [-0.1, -0.05) is 64.1 Å². The normalized spacial score (nSPS) is 12.0. The fourth-order valence-corrected chi connectivity index (χ4v) is 5.59. The number of para-hydroxylation sites is 3. The lowest BCUT2D eigenvalue weighted by atomic mass is 9.92. The molecule has 0 saturated carbocycles. The quantitative estimate of drug-likeness (QED) is 0.269. The van der Waals surface area contributed by atoms with E-state index < -0.39 is 0 Å². The van der Waals surface area contributed by atoms with Gasteiger partial charge in [0.05, 0.1) is 28.3 Å². The molecule has 5 rings (SSSR count). The first-order chi connectivity index (χ1) is 15.4. The van der Waals surface area contributed by atoms with Crippen molar-refractivity contribution in [1.29, 1.82) is 0 Å². The van der Waals surface area contributed by atoms with Crippen LogP contribution in [0.4, 0.5) is 0 Å². The average Bonchev–Trinajstić information content (AvgIpc) is 3.36. The van der Waals surface area contributed by atoms with Crippen LogP contribution >= 0.6 is 11.3 Å². The molecule has 3 nitrogen and oxygen atoms in total. The molecule has 162 valence electrons. The molecule has 0 fully saturated rings. The predicted octanol–water partition coefficient (Wildman–Crippen LogP) is 7.29. The second-order valence-corrected chi connectivity index (χ2v) is 10.1. The first-order valence-electron chi connectivity index (χ1n) is 11.4. The summed E-state index contributed by atoms with van der Waals surface area (Å²) in [5.41, 5.74) is 12.0. The van der Waals surface area contributed by atoms with Crippen molar-refractivity contribution in [3.63, 3.8) is 0 Å². The van der Waals surface area contributed by atoms with E-state index in [0.717, 1.165) is 5.52 Å². The lowest BCUT2D eigenvalue weighted by molar-refractivity contribution is -0.633. The van der Waals surface area contributed by atoms with Crippen LogP contribution in [-0.2, 0) is 7.05 Å². The zero-order valence-corrected chi connectivity index (χ0v) is 20.5. The SMILES string of the molecule is Cc1ccc2scnc2c1-c1n(-c2c(C(C)C)cccc2C(C)C)c2ccccc2[n+]1C. The van der Waals surface area contributed by atoms with Gasteiger partial charge in [-0.05, 0) is 42.5 Å². The van der Waals surface area contributed by atoms with Gasteiger partial charge in [-0.25, -0.2) is 9.55 Å². The molecule has 0 aliphatic carbocycles. The third kappa shape index (κ3) is 3.08. The van der Waals surface area contributed by atoms with Gasteiger partial charge in [0.1, 0.15) is 5.69 Å². The van der Waals surface area contributed by atoms with Crippen LogP contribution in [0.2, 0.25) is 0 Å². The maximum Gasteiger partial charge on any atom is 0.297 e. The van der Waals surface area contributed by atoms with E-state index in [1.165, 1.54) is 49.5 Å². The Morgan fingerprint density at radius 3 is 2.25 bits per heavy atom. The molecule has 0 aliphatic rings. The number of aryl methyl sites for hydroxylation is 2. The summed E-state index contributed by atoms with van der Waals surface area (Å²) in [5, 5.41) is 0. The van der Waals surface area contributed by atoms with E-state index in [1.54, 1.807) is 11.3 Å². The van der Waals surface area contributed by atoms with Crippen molar-refractivity contribution in [1.82, 2.24) is 9.55 Å². The molecule has 0 unspecified atom stereocenters. The number of fused-ring (bicyclic) bond motifs is 2. The summed E-state index contributed by atoms with van der Waals surface area (Å²) in [4.78, 5) is 4.81. The largest absolute Gasteiger partial charge is 0.297 e. The van der Waals surface area contributed by atoms with E-state index in [2.05, 4.69) is 105 Å². The van der Waals surface area contributed by atoms with E-state index in [0.29, 0.717) is 11.8 Å². The van der Waals surface area contributed by atoms with Crippen molar-refractivity contribution < 1.29 is 4.57 Å². The maximum absolute atomic E-state index is 4.81. The summed E-state index contributed by atoms with van der Waals surface area (Å²) in [5.74, 6) is 2.02. The number of rotatable bonds is 4. The molecule has 4 heteroatoms. The van der Waals surface area contributed by atoms with Crippen LogP contribution in [0.5, 0.6) is 0 Å². The van der Waals surface area contributed by atoms with Gasteiger partial charge in [-0.2, -0.15) is 4.57 Å². The summed E-state index contributed by atoms with van der Waals surface area (Å²) in [6, 6.07) is 20.0. The van der Waals surface area contributed by atoms with E-state index in [1.807, 2.05) is 5.51 Å². The third-order valence-corrected chi connectivity index (χ3v) is 7.31. The molecule has 0 atom stereocenters. The van der Waals surface area contributed by atoms with Crippen molar-refractivity contribution in [2.75, 3.05) is 0 Å². The highest BCUT2D eigenvalue weighted by molar-refractivity contribution is 7.16. The molecule has 0 bridgehead atoms. The number of hydrogen-bond acceptors (Lipinski definition) is 2. The Hall–Kier alpha value is -2.98. The van der Waals surface area contributed by atoms with Crippen molar-refractivity contribution in [2.45, 2.75) is 46.5 Å². The molecule has 5 aromatic rings. The smallest absolute Gasteiger partial charge is 0.244 e. The predicted molar refractivity (Wildman–Crippen MR) is 136 cm³/mol. The molecule has 0 aliphatic heterocycles. The number of nitrogens with zero attached hydrogens (tertiary/aromatic N) is 3. The number of imidazole rings is 1. The fraction of sp³-hybridized carbons (Fsp3) is 0.286. The Kier molecular flexibility index (Phi) is 5.13. The molecule has 3 aromatic carbocycles. The van der Waals surface area contributed by atoms with Crippen LogP contribution in [-0.4, -0.2) is 9.55 Å². The summed E-state index contributed by atoms with van der Waals surface area (Å²) < 4.78 is 6.07. The fourth-order valence-electron chi connectivity index (χ4n) is 4.91. The zero-order chi connectivity index (χ0) is 22.6. The molecule has 32 heavy (non-hydrogen) atoms. The molecule has 2 heterocycles. The van der Waals surface area contributed by atoms with Gasteiger partial charge in [0.15, 0.2) is 11.0 Å². The molecule has 0 spiro atoms. The Labute approximate surface area is 194 Å². The number of aromatic nitrogens is 3. The number of thiazole rings is 1.